The van der Waals surface area contributed by atoms with Crippen molar-refractivity contribution in [3.05, 3.63) is 60.2 Å². The second-order valence-corrected chi connectivity index (χ2v) is 5.47. The average molecular weight is 290 g/mol. The predicted octanol–water partition coefficient (Wildman–Crippen LogP) is 4.30. The molecule has 2 heterocycles. The van der Waals surface area contributed by atoms with Crippen molar-refractivity contribution in [1.29, 1.82) is 0 Å². The molecule has 0 N–H and O–H groups in total. The van der Waals surface area contributed by atoms with Gasteiger partial charge in [-0.3, -0.25) is 9.97 Å². The van der Waals surface area contributed by atoms with Crippen LogP contribution in [0.25, 0.3) is 0 Å². The first-order valence-corrected chi connectivity index (χ1v) is 5.99. The quantitative estimate of drug-likeness (QED) is 0.676. The normalized spacial score (nSPS) is 10.4. The summed E-state index contributed by atoms with van der Waals surface area (Å²) in [4.78, 5) is 7.83. The fourth-order valence-corrected chi connectivity index (χ4v) is 1.31. The van der Waals surface area contributed by atoms with Gasteiger partial charge in [-0.2, -0.15) is 0 Å². The minimum atomic E-state index is -1.40. The van der Waals surface area contributed by atoms with E-state index in [2.05, 4.69) is 9.97 Å². The van der Waals surface area contributed by atoms with Gasteiger partial charge in [0.2, 0.25) is 3.79 Å². The van der Waals surface area contributed by atoms with Crippen molar-refractivity contribution >= 4 is 34.8 Å². The number of hydrogen-bond donors (Lipinski definition) is 0. The van der Waals surface area contributed by atoms with Crippen molar-refractivity contribution in [2.24, 2.45) is 0 Å². The molecule has 90 valence electrons. The number of halogens is 3. The molecule has 0 fully saturated rings. The highest BCUT2D eigenvalue weighted by Crippen LogP contribution is 2.36. The molecule has 0 saturated heterocycles. The molecule has 0 aliphatic heterocycles. The molecular weight excluding hydrogens is 279 g/mol. The molecule has 2 aromatic rings. The summed E-state index contributed by atoms with van der Waals surface area (Å²) in [7, 11) is 0. The van der Waals surface area contributed by atoms with Gasteiger partial charge < -0.3 is 0 Å². The van der Waals surface area contributed by atoms with E-state index in [4.69, 9.17) is 34.8 Å². The van der Waals surface area contributed by atoms with Crippen molar-refractivity contribution in [2.75, 3.05) is 0 Å². The number of pyridine rings is 2. The second-order valence-electron chi connectivity index (χ2n) is 3.18. The highest BCUT2D eigenvalue weighted by Gasteiger charge is 2.23. The second kappa shape index (κ2) is 6.80. The van der Waals surface area contributed by atoms with Crippen molar-refractivity contribution < 1.29 is 0 Å². The lowest BCUT2D eigenvalue weighted by Gasteiger charge is -2.07. The van der Waals surface area contributed by atoms with Gasteiger partial charge >= 0.3 is 0 Å². The summed E-state index contributed by atoms with van der Waals surface area (Å²) >= 11 is 16.6. The summed E-state index contributed by atoms with van der Waals surface area (Å²) in [6.45, 7) is 1.97. The summed E-state index contributed by atoms with van der Waals surface area (Å²) < 4.78 is -1.40. The lowest BCUT2D eigenvalue weighted by molar-refractivity contribution is 1.09. The minimum Gasteiger partial charge on any atom is -0.262 e. The van der Waals surface area contributed by atoms with Gasteiger partial charge in [-0.05, 0) is 31.2 Å². The van der Waals surface area contributed by atoms with E-state index < -0.39 is 3.79 Å². The van der Waals surface area contributed by atoms with Crippen LogP contribution in [-0.2, 0) is 3.79 Å². The van der Waals surface area contributed by atoms with Crippen LogP contribution in [0.2, 0.25) is 0 Å². The Bertz CT molecular complexity index is 427. The monoisotopic (exact) mass is 288 g/mol. The van der Waals surface area contributed by atoms with Gasteiger partial charge in [0.25, 0.3) is 0 Å². The van der Waals surface area contributed by atoms with E-state index in [0.29, 0.717) is 5.69 Å². The Morgan fingerprint density at radius 3 is 1.71 bits per heavy atom. The van der Waals surface area contributed by atoms with Crippen molar-refractivity contribution in [3.8, 4) is 0 Å². The molecule has 0 aliphatic carbocycles. The van der Waals surface area contributed by atoms with Crippen LogP contribution in [0.5, 0.6) is 0 Å². The summed E-state index contributed by atoms with van der Waals surface area (Å²) in [5.74, 6) is 0. The maximum absolute atomic E-state index is 5.53. The number of aromatic nitrogens is 2. The van der Waals surface area contributed by atoms with Crippen LogP contribution in [0.1, 0.15) is 11.4 Å². The van der Waals surface area contributed by atoms with Gasteiger partial charge in [0.05, 0.1) is 5.69 Å². The van der Waals surface area contributed by atoms with Crippen molar-refractivity contribution in [2.45, 2.75) is 10.7 Å². The molecule has 17 heavy (non-hydrogen) atoms. The van der Waals surface area contributed by atoms with Crippen molar-refractivity contribution in [3.63, 3.8) is 0 Å². The molecule has 0 atom stereocenters. The van der Waals surface area contributed by atoms with Crippen LogP contribution >= 0.6 is 34.8 Å². The largest absolute Gasteiger partial charge is 0.262 e. The summed E-state index contributed by atoms with van der Waals surface area (Å²) in [6, 6.07) is 11.0. The molecule has 0 bridgehead atoms. The molecule has 0 spiro atoms. The number of alkyl halides is 3. The van der Waals surface area contributed by atoms with E-state index >= 15 is 0 Å². The van der Waals surface area contributed by atoms with E-state index in [1.54, 1.807) is 30.6 Å². The van der Waals surface area contributed by atoms with Gasteiger partial charge in [0.15, 0.2) is 0 Å². The van der Waals surface area contributed by atoms with E-state index in [9.17, 15) is 0 Å². The van der Waals surface area contributed by atoms with Gasteiger partial charge in [0, 0.05) is 18.1 Å². The van der Waals surface area contributed by atoms with Crippen LogP contribution in [0.4, 0.5) is 0 Å². The zero-order valence-corrected chi connectivity index (χ0v) is 11.4. The molecule has 2 rings (SSSR count). The molecular formula is C12H11Cl3N2. The van der Waals surface area contributed by atoms with E-state index in [1.165, 1.54) is 0 Å². The highest BCUT2D eigenvalue weighted by molar-refractivity contribution is 6.66. The molecule has 5 heteroatoms. The average Bonchev–Trinajstić information content (AvgIpc) is 2.31. The molecule has 2 aromatic heterocycles. The summed E-state index contributed by atoms with van der Waals surface area (Å²) in [5, 5.41) is 0. The number of rotatable bonds is 0. The van der Waals surface area contributed by atoms with E-state index in [-0.39, 0.29) is 0 Å². The fourth-order valence-electron chi connectivity index (χ4n) is 0.979. The van der Waals surface area contributed by atoms with Gasteiger partial charge in [-0.25, -0.2) is 0 Å². The fraction of sp³-hybridized carbons (Fsp3) is 0.167. The Labute approximate surface area is 116 Å². The third kappa shape index (κ3) is 5.87. The maximum Gasteiger partial charge on any atom is 0.232 e. The molecule has 0 amide bonds. The Morgan fingerprint density at radius 1 is 0.882 bits per heavy atom. The molecule has 0 radical (unpaired) electrons. The third-order valence-corrected chi connectivity index (χ3v) is 2.35. The first kappa shape index (κ1) is 14.2. The van der Waals surface area contributed by atoms with Crippen molar-refractivity contribution in [1.82, 2.24) is 9.97 Å². The first-order chi connectivity index (χ1) is 8.00. The van der Waals surface area contributed by atoms with Gasteiger partial charge in [-0.1, -0.05) is 46.9 Å². The Morgan fingerprint density at radius 2 is 1.47 bits per heavy atom. The Hall–Kier alpha value is -0.830. The van der Waals surface area contributed by atoms with E-state index in [0.717, 1.165) is 5.69 Å². The predicted molar refractivity (Wildman–Crippen MR) is 72.4 cm³/mol. The van der Waals surface area contributed by atoms with Gasteiger partial charge in [-0.15, -0.1) is 0 Å². The highest BCUT2D eigenvalue weighted by atomic mass is 35.6. The molecule has 0 unspecified atom stereocenters. The number of nitrogens with zero attached hydrogens (tertiary/aromatic N) is 2. The van der Waals surface area contributed by atoms with Crippen LogP contribution in [-0.4, -0.2) is 9.97 Å². The first-order valence-electron chi connectivity index (χ1n) is 4.86. The SMILES string of the molecule is Cc1ccccn1.ClC(Cl)(Cl)c1ccccn1. The topological polar surface area (TPSA) is 25.8 Å². The zero-order chi connectivity index (χ0) is 12.7. The Balaban J connectivity index is 0.000000181. The van der Waals surface area contributed by atoms with Gasteiger partial charge in [0.1, 0.15) is 0 Å². The number of hydrogen-bond acceptors (Lipinski definition) is 2. The minimum absolute atomic E-state index is 0.444. The summed E-state index contributed by atoms with van der Waals surface area (Å²) in [6.07, 6.45) is 3.37. The van der Waals surface area contributed by atoms with E-state index in [1.807, 2.05) is 25.1 Å². The lowest BCUT2D eigenvalue weighted by Crippen LogP contribution is -2.01. The standard InChI is InChI=1S/C6H4Cl3N.C6H7N/c7-6(8,9)5-3-1-2-4-10-5;1-6-4-2-3-5-7-6/h1-4H;2-5H,1H3. The smallest absolute Gasteiger partial charge is 0.232 e. The zero-order valence-electron chi connectivity index (χ0n) is 9.15. The molecule has 2 nitrogen and oxygen atoms in total. The summed E-state index contributed by atoms with van der Waals surface area (Å²) in [5.41, 5.74) is 1.52. The number of aryl methyl sites for hydroxylation is 1. The van der Waals surface area contributed by atoms with Crippen LogP contribution in [0.3, 0.4) is 0 Å². The van der Waals surface area contributed by atoms with Crippen LogP contribution < -0.4 is 0 Å². The van der Waals surface area contributed by atoms with Crippen LogP contribution in [0, 0.1) is 6.92 Å². The lowest BCUT2D eigenvalue weighted by atomic mass is 10.4. The molecule has 0 aromatic carbocycles. The molecule has 0 saturated carbocycles. The maximum atomic E-state index is 5.53. The van der Waals surface area contributed by atoms with Crippen LogP contribution in [0.15, 0.2) is 48.8 Å². The third-order valence-electron chi connectivity index (χ3n) is 1.77. The Kier molecular flexibility index (Phi) is 5.69. The molecule has 0 aliphatic rings.